The number of carbonyl (C=O) groups is 1. The van der Waals surface area contributed by atoms with Gasteiger partial charge in [0.05, 0.1) is 11.5 Å². The van der Waals surface area contributed by atoms with Crippen LogP contribution in [0.4, 0.5) is 0 Å². The maximum Gasteiger partial charge on any atom is 0.246 e. The van der Waals surface area contributed by atoms with E-state index in [1.54, 1.807) is 4.31 Å². The van der Waals surface area contributed by atoms with Crippen LogP contribution in [0.3, 0.4) is 0 Å². The Morgan fingerprint density at radius 1 is 1.07 bits per heavy atom. The Kier molecular flexibility index (Phi) is 5.40. The van der Waals surface area contributed by atoms with E-state index in [1.165, 1.54) is 0 Å². The van der Waals surface area contributed by atoms with Crippen LogP contribution in [-0.2, 0) is 19.6 Å². The molecular weight excluding hydrogens is 364 g/mol. The molecule has 2 aliphatic heterocycles. The molecule has 3 rings (SSSR count). The van der Waals surface area contributed by atoms with Gasteiger partial charge in [0.1, 0.15) is 5.72 Å². The van der Waals surface area contributed by atoms with Crippen molar-refractivity contribution in [3.63, 3.8) is 0 Å². The lowest BCUT2D eigenvalue weighted by Gasteiger charge is -2.43. The highest BCUT2D eigenvalue weighted by molar-refractivity contribution is 7.89. The van der Waals surface area contributed by atoms with E-state index in [1.807, 2.05) is 51.7 Å². The summed E-state index contributed by atoms with van der Waals surface area (Å²) < 4.78 is 34.6. The summed E-state index contributed by atoms with van der Waals surface area (Å²) in [5.74, 6) is 0.0590. The number of hydrogen-bond donors (Lipinski definition) is 0. The quantitative estimate of drug-likeness (QED) is 0.790. The fourth-order valence-corrected chi connectivity index (χ4v) is 6.59. The lowest BCUT2D eigenvalue weighted by molar-refractivity contribution is -0.143. The first-order valence-electron chi connectivity index (χ1n) is 9.62. The molecule has 0 unspecified atom stereocenters. The van der Waals surface area contributed by atoms with E-state index in [-0.39, 0.29) is 11.8 Å². The molecule has 1 aromatic carbocycles. The van der Waals surface area contributed by atoms with Gasteiger partial charge in [0.2, 0.25) is 15.9 Å². The van der Waals surface area contributed by atoms with E-state index in [9.17, 15) is 13.2 Å². The van der Waals surface area contributed by atoms with E-state index in [0.29, 0.717) is 44.0 Å². The molecule has 2 saturated heterocycles. The average molecular weight is 395 g/mol. The molecule has 2 heterocycles. The number of ether oxygens (including phenoxy) is 1. The Hall–Kier alpha value is -1.44. The topological polar surface area (TPSA) is 66.9 Å². The van der Waals surface area contributed by atoms with Gasteiger partial charge in [0.15, 0.2) is 0 Å². The van der Waals surface area contributed by atoms with Gasteiger partial charge < -0.3 is 9.64 Å². The highest BCUT2D eigenvalue weighted by Gasteiger charge is 2.51. The zero-order chi connectivity index (χ0) is 20.0. The first kappa shape index (κ1) is 20.3. The number of likely N-dealkylation sites (tertiary alicyclic amines) is 1. The van der Waals surface area contributed by atoms with Crippen LogP contribution in [0.2, 0.25) is 0 Å². The van der Waals surface area contributed by atoms with Crippen LogP contribution in [-0.4, -0.2) is 55.5 Å². The highest BCUT2D eigenvalue weighted by atomic mass is 32.2. The van der Waals surface area contributed by atoms with Gasteiger partial charge in [-0.15, -0.1) is 0 Å². The maximum absolute atomic E-state index is 13.5. The number of nitrogens with zero attached hydrogens (tertiary/aromatic N) is 2. The summed E-state index contributed by atoms with van der Waals surface area (Å²) in [6.45, 7) is 11.2. The second-order valence-corrected chi connectivity index (χ2v) is 9.88. The third-order valence-electron chi connectivity index (χ3n) is 5.62. The van der Waals surface area contributed by atoms with Crippen LogP contribution in [0.15, 0.2) is 17.0 Å². The second-order valence-electron chi connectivity index (χ2n) is 8.08. The van der Waals surface area contributed by atoms with Gasteiger partial charge in [0.25, 0.3) is 0 Å². The minimum atomic E-state index is -3.67. The summed E-state index contributed by atoms with van der Waals surface area (Å²) in [5, 5.41) is 0. The van der Waals surface area contributed by atoms with Gasteiger partial charge in [0, 0.05) is 38.4 Å². The number of sulfonamides is 1. The molecule has 0 N–H and O–H groups in total. The molecule has 0 atom stereocenters. The van der Waals surface area contributed by atoms with Crippen molar-refractivity contribution in [2.45, 2.75) is 58.1 Å². The van der Waals surface area contributed by atoms with Crippen LogP contribution in [0.25, 0.3) is 0 Å². The first-order chi connectivity index (χ1) is 12.6. The monoisotopic (exact) mass is 394 g/mol. The molecule has 0 radical (unpaired) electrons. The van der Waals surface area contributed by atoms with Crippen LogP contribution < -0.4 is 0 Å². The van der Waals surface area contributed by atoms with Crippen molar-refractivity contribution in [3.8, 4) is 0 Å². The lowest BCUT2D eigenvalue weighted by Crippen LogP contribution is -2.56. The molecule has 6 nitrogen and oxygen atoms in total. The molecule has 1 aromatic rings. The lowest BCUT2D eigenvalue weighted by atomic mass is 9.99. The largest absolute Gasteiger partial charge is 0.358 e. The summed E-state index contributed by atoms with van der Waals surface area (Å²) in [4.78, 5) is 14.5. The normalized spacial score (nSPS) is 20.6. The molecule has 27 heavy (non-hydrogen) atoms. The standard InChI is InChI=1S/C20H30N2O4S/c1-14(2)19(23)21-8-6-20(7-9-21)22(10-11-26-20)27(24,25)18-16(4)12-15(3)13-17(18)5/h12-14H,6-11H2,1-5H3. The third kappa shape index (κ3) is 3.52. The number of piperidine rings is 1. The summed E-state index contributed by atoms with van der Waals surface area (Å²) in [7, 11) is -3.67. The number of amides is 1. The molecular formula is C20H30N2O4S. The summed E-state index contributed by atoms with van der Waals surface area (Å²) in [6.07, 6.45) is 1.02. The zero-order valence-corrected chi connectivity index (χ0v) is 17.7. The van der Waals surface area contributed by atoms with Crippen LogP contribution in [0.1, 0.15) is 43.4 Å². The maximum atomic E-state index is 13.5. The van der Waals surface area contributed by atoms with Crippen molar-refractivity contribution < 1.29 is 17.9 Å². The fourth-order valence-electron chi connectivity index (χ4n) is 4.45. The van der Waals surface area contributed by atoms with Crippen molar-refractivity contribution >= 4 is 15.9 Å². The minimum Gasteiger partial charge on any atom is -0.358 e. The number of carbonyl (C=O) groups excluding carboxylic acids is 1. The van der Waals surface area contributed by atoms with E-state index in [4.69, 9.17) is 4.74 Å². The number of rotatable bonds is 3. The van der Waals surface area contributed by atoms with Gasteiger partial charge in [-0.25, -0.2) is 8.42 Å². The van der Waals surface area contributed by atoms with Gasteiger partial charge in [-0.05, 0) is 31.9 Å². The highest BCUT2D eigenvalue weighted by Crippen LogP contribution is 2.39. The third-order valence-corrected chi connectivity index (χ3v) is 7.88. The predicted octanol–water partition coefficient (Wildman–Crippen LogP) is 2.61. The fraction of sp³-hybridized carbons (Fsp3) is 0.650. The molecule has 150 valence electrons. The smallest absolute Gasteiger partial charge is 0.246 e. The van der Waals surface area contributed by atoms with Crippen LogP contribution >= 0.6 is 0 Å². The Morgan fingerprint density at radius 2 is 1.63 bits per heavy atom. The number of benzene rings is 1. The molecule has 2 aliphatic rings. The van der Waals surface area contributed by atoms with Crippen molar-refractivity contribution in [2.75, 3.05) is 26.2 Å². The van der Waals surface area contributed by atoms with Crippen LogP contribution in [0, 0.1) is 26.7 Å². The second kappa shape index (κ2) is 7.18. The van der Waals surface area contributed by atoms with E-state index in [2.05, 4.69) is 0 Å². The Balaban J connectivity index is 1.90. The molecule has 1 amide bonds. The summed E-state index contributed by atoms with van der Waals surface area (Å²) in [6, 6.07) is 3.82. The molecule has 0 bridgehead atoms. The summed E-state index contributed by atoms with van der Waals surface area (Å²) >= 11 is 0. The van der Waals surface area contributed by atoms with Crippen molar-refractivity contribution in [1.82, 2.24) is 9.21 Å². The molecule has 0 aromatic heterocycles. The molecule has 0 saturated carbocycles. The van der Waals surface area contributed by atoms with Gasteiger partial charge in [-0.1, -0.05) is 31.5 Å². The molecule has 0 aliphatic carbocycles. The van der Waals surface area contributed by atoms with Gasteiger partial charge >= 0.3 is 0 Å². The number of hydrogen-bond acceptors (Lipinski definition) is 4. The minimum absolute atomic E-state index is 0.0544. The Morgan fingerprint density at radius 3 is 2.15 bits per heavy atom. The summed E-state index contributed by atoms with van der Waals surface area (Å²) in [5.41, 5.74) is 1.75. The molecule has 2 fully saturated rings. The molecule has 7 heteroatoms. The van der Waals surface area contributed by atoms with Gasteiger partial charge in [-0.3, -0.25) is 4.79 Å². The van der Waals surface area contributed by atoms with E-state index in [0.717, 1.165) is 16.7 Å². The Bertz CT molecular complexity index is 817. The predicted molar refractivity (Wildman–Crippen MR) is 104 cm³/mol. The van der Waals surface area contributed by atoms with E-state index < -0.39 is 15.7 Å². The average Bonchev–Trinajstić information content (AvgIpc) is 2.97. The molecule has 1 spiro atoms. The Labute approximate surface area is 162 Å². The number of aryl methyl sites for hydroxylation is 3. The van der Waals surface area contributed by atoms with Crippen LogP contribution in [0.5, 0.6) is 0 Å². The van der Waals surface area contributed by atoms with E-state index >= 15 is 0 Å². The van der Waals surface area contributed by atoms with Crippen molar-refractivity contribution in [1.29, 1.82) is 0 Å². The first-order valence-corrected chi connectivity index (χ1v) is 11.1. The van der Waals surface area contributed by atoms with Crippen molar-refractivity contribution in [2.24, 2.45) is 5.92 Å². The van der Waals surface area contributed by atoms with Crippen molar-refractivity contribution in [3.05, 3.63) is 28.8 Å². The van der Waals surface area contributed by atoms with Gasteiger partial charge in [-0.2, -0.15) is 4.31 Å². The SMILES string of the molecule is Cc1cc(C)c(S(=O)(=O)N2CCOC23CCN(C(=O)C(C)C)CC3)c(C)c1. The zero-order valence-electron chi connectivity index (χ0n) is 16.9.